The van der Waals surface area contributed by atoms with E-state index < -0.39 is 77.5 Å². The summed E-state index contributed by atoms with van der Waals surface area (Å²) in [6, 6.07) is 0. The summed E-state index contributed by atoms with van der Waals surface area (Å²) in [5.41, 5.74) is -3.21. The minimum Gasteiger partial charge on any atom is -0.443 e. The Labute approximate surface area is 241 Å². The Hall–Kier alpha value is -3.30. The van der Waals surface area contributed by atoms with Crippen molar-refractivity contribution in [3.05, 3.63) is 11.6 Å². The summed E-state index contributed by atoms with van der Waals surface area (Å²) in [6.07, 6.45) is -8.66. The van der Waals surface area contributed by atoms with Crippen molar-refractivity contribution in [2.75, 3.05) is 11.5 Å². The van der Waals surface area contributed by atoms with Crippen LogP contribution in [0.4, 0.5) is 24.6 Å². The molecule has 0 aromatic carbocycles. The van der Waals surface area contributed by atoms with E-state index in [1.807, 2.05) is 0 Å². The van der Waals surface area contributed by atoms with Gasteiger partial charge in [0.05, 0.1) is 12.9 Å². The number of alkyl halides is 1. The number of amides is 2. The fourth-order valence-corrected chi connectivity index (χ4v) is 3.83. The maximum Gasteiger partial charge on any atom is 0.509 e. The lowest BCUT2D eigenvalue weighted by atomic mass is 10.1. The van der Waals surface area contributed by atoms with Crippen LogP contribution < -0.4 is 4.90 Å². The molecule has 4 atom stereocenters. The van der Waals surface area contributed by atoms with Crippen LogP contribution in [0.25, 0.3) is 11.2 Å². The molecule has 1 saturated heterocycles. The van der Waals surface area contributed by atoms with Crippen LogP contribution in [0.1, 0.15) is 68.5 Å². The predicted molar refractivity (Wildman–Crippen MR) is 142 cm³/mol. The summed E-state index contributed by atoms with van der Waals surface area (Å²) in [5, 5.41) is 9.36. The largest absolute Gasteiger partial charge is 0.509 e. The number of halogens is 2. The lowest BCUT2D eigenvalue weighted by Gasteiger charge is -2.28. The number of aromatic nitrogens is 4. The minimum absolute atomic E-state index is 0.139. The summed E-state index contributed by atoms with van der Waals surface area (Å²) >= 11 is 6.18. The van der Waals surface area contributed by atoms with Gasteiger partial charge in [0.15, 0.2) is 35.5 Å². The van der Waals surface area contributed by atoms with Crippen LogP contribution in [-0.4, -0.2) is 84.8 Å². The molecule has 1 fully saturated rings. The molecule has 41 heavy (non-hydrogen) atoms. The van der Waals surface area contributed by atoms with Crippen molar-refractivity contribution in [1.29, 1.82) is 0 Å². The SMILES string of the molecule is CC(C)(C)OC(=O)O[C@@H]1[C@@H](F)[C@H](n2cnc3c(N(C(=O)OC(C)(C)C)C(=O)OC(C)(C)C)nc(Cl)nc32)O[C@@H]1CO. The van der Waals surface area contributed by atoms with Crippen molar-refractivity contribution >= 4 is 46.9 Å². The number of aliphatic hydroxyl groups is 1. The van der Waals surface area contributed by atoms with Crippen molar-refractivity contribution < 1.29 is 47.6 Å². The molecule has 2 amide bonds. The van der Waals surface area contributed by atoms with E-state index >= 15 is 4.39 Å². The monoisotopic (exact) mass is 603 g/mol. The first kappa shape index (κ1) is 32.2. The summed E-state index contributed by atoms with van der Waals surface area (Å²) in [7, 11) is 0. The highest BCUT2D eigenvalue weighted by Gasteiger charge is 2.50. The van der Waals surface area contributed by atoms with E-state index in [1.165, 1.54) is 0 Å². The van der Waals surface area contributed by atoms with E-state index in [-0.39, 0.29) is 11.2 Å². The number of imide groups is 1. The van der Waals surface area contributed by atoms with Crippen LogP contribution in [0.2, 0.25) is 5.28 Å². The second kappa shape index (κ2) is 11.5. The lowest BCUT2D eigenvalue weighted by Crippen LogP contribution is -2.44. The Kier molecular flexibility index (Phi) is 9.06. The van der Waals surface area contributed by atoms with Gasteiger partial charge >= 0.3 is 18.3 Å². The van der Waals surface area contributed by atoms with Crippen molar-refractivity contribution in [3.8, 4) is 0 Å². The summed E-state index contributed by atoms with van der Waals surface area (Å²) in [5.74, 6) is -0.393. The molecule has 228 valence electrons. The van der Waals surface area contributed by atoms with Gasteiger partial charge in [0, 0.05) is 0 Å². The number of aliphatic hydroxyl groups excluding tert-OH is 1. The molecular formula is C25H35ClFN5O9. The molecule has 1 aliphatic heterocycles. The Balaban J connectivity index is 2.06. The first-order valence-electron chi connectivity index (χ1n) is 12.7. The van der Waals surface area contributed by atoms with Crippen LogP contribution in [-0.2, 0) is 23.7 Å². The number of hydrogen-bond acceptors (Lipinski definition) is 12. The smallest absolute Gasteiger partial charge is 0.443 e. The maximum absolute atomic E-state index is 15.7. The number of ether oxygens (including phenoxy) is 5. The molecule has 1 N–H and O–H groups in total. The first-order valence-corrected chi connectivity index (χ1v) is 13.0. The van der Waals surface area contributed by atoms with Gasteiger partial charge < -0.3 is 28.8 Å². The van der Waals surface area contributed by atoms with Crippen LogP contribution in [0, 0.1) is 0 Å². The summed E-state index contributed by atoms with van der Waals surface area (Å²) in [4.78, 5) is 51.4. The molecule has 0 radical (unpaired) electrons. The highest BCUT2D eigenvalue weighted by molar-refractivity contribution is 6.29. The molecule has 0 unspecified atom stereocenters. The fraction of sp³-hybridized carbons (Fsp3) is 0.680. The maximum atomic E-state index is 15.7. The molecule has 16 heteroatoms. The molecule has 1 aliphatic rings. The number of fused-ring (bicyclic) bond motifs is 1. The highest BCUT2D eigenvalue weighted by Crippen LogP contribution is 2.37. The zero-order valence-electron chi connectivity index (χ0n) is 24.3. The van der Waals surface area contributed by atoms with Gasteiger partial charge in [-0.1, -0.05) is 0 Å². The number of rotatable bonds is 4. The number of anilines is 1. The zero-order valence-corrected chi connectivity index (χ0v) is 25.1. The second-order valence-corrected chi connectivity index (χ2v) is 12.5. The van der Waals surface area contributed by atoms with E-state index in [4.69, 9.17) is 35.3 Å². The van der Waals surface area contributed by atoms with E-state index in [2.05, 4.69) is 15.0 Å². The third-order valence-electron chi connectivity index (χ3n) is 5.08. The Morgan fingerprint density at radius 2 is 1.54 bits per heavy atom. The number of imidazole rings is 1. The van der Waals surface area contributed by atoms with Crippen molar-refractivity contribution in [3.63, 3.8) is 0 Å². The van der Waals surface area contributed by atoms with Gasteiger partial charge in [-0.2, -0.15) is 14.9 Å². The number of nitrogens with zero attached hydrogens (tertiary/aromatic N) is 5. The predicted octanol–water partition coefficient (Wildman–Crippen LogP) is 4.70. The average molecular weight is 604 g/mol. The lowest BCUT2D eigenvalue weighted by molar-refractivity contribution is -0.0682. The normalized spacial score (nSPS) is 21.5. The number of carbonyl (C=O) groups excluding carboxylic acids is 3. The van der Waals surface area contributed by atoms with E-state index in [1.54, 1.807) is 62.3 Å². The number of carbonyl (C=O) groups is 3. The van der Waals surface area contributed by atoms with Crippen molar-refractivity contribution in [1.82, 2.24) is 19.5 Å². The second-order valence-electron chi connectivity index (χ2n) is 12.2. The van der Waals surface area contributed by atoms with Crippen LogP contribution in [0.5, 0.6) is 0 Å². The fourth-order valence-electron chi connectivity index (χ4n) is 3.67. The van der Waals surface area contributed by atoms with E-state index in [0.717, 1.165) is 10.9 Å². The minimum atomic E-state index is -2.03. The standard InChI is InChI=1S/C25H35ClFN5O9/c1-23(2,3)39-20(34)32(21(35)40-24(4,5)6)17-14-16(29-19(26)30-17)31(11-28-14)18-13(27)15(12(10-33)37-18)38-22(36)41-25(7,8)9/h11-13,15,18,33H,10H2,1-9H3/t12-,13-,15+,18-/m1/s1. The topological polar surface area (TPSA) is 164 Å². The average Bonchev–Trinajstić information content (AvgIpc) is 3.31. The summed E-state index contributed by atoms with van der Waals surface area (Å²) in [6.45, 7) is 13.7. The van der Waals surface area contributed by atoms with Gasteiger partial charge in [-0.15, -0.1) is 0 Å². The van der Waals surface area contributed by atoms with Gasteiger partial charge in [0.2, 0.25) is 5.28 Å². The van der Waals surface area contributed by atoms with Crippen LogP contribution in [0.15, 0.2) is 6.33 Å². The van der Waals surface area contributed by atoms with E-state index in [9.17, 15) is 19.5 Å². The third-order valence-corrected chi connectivity index (χ3v) is 5.25. The Bertz CT molecular complexity index is 1270. The van der Waals surface area contributed by atoms with Gasteiger partial charge in [0.1, 0.15) is 22.9 Å². The third kappa shape index (κ3) is 7.92. The molecular weight excluding hydrogens is 569 g/mol. The molecule has 0 bridgehead atoms. The van der Waals surface area contributed by atoms with Gasteiger partial charge in [0.25, 0.3) is 0 Å². The quantitative estimate of drug-likeness (QED) is 0.291. The molecule has 0 aliphatic carbocycles. The zero-order chi connectivity index (χ0) is 31.1. The molecule has 0 saturated carbocycles. The first-order chi connectivity index (χ1) is 18.7. The summed E-state index contributed by atoms with van der Waals surface area (Å²) < 4.78 is 43.5. The number of hydrogen-bond donors (Lipinski definition) is 1. The Morgan fingerprint density at radius 3 is 2.02 bits per heavy atom. The van der Waals surface area contributed by atoms with Gasteiger partial charge in [-0.05, 0) is 73.9 Å². The van der Waals surface area contributed by atoms with Crippen molar-refractivity contribution in [2.24, 2.45) is 0 Å². The molecule has 2 aromatic heterocycles. The molecule has 3 rings (SSSR count). The van der Waals surface area contributed by atoms with Crippen LogP contribution in [0.3, 0.4) is 0 Å². The van der Waals surface area contributed by atoms with Gasteiger partial charge in [-0.25, -0.2) is 23.8 Å². The highest BCUT2D eigenvalue weighted by atomic mass is 35.5. The molecule has 2 aromatic rings. The molecule has 14 nitrogen and oxygen atoms in total. The van der Waals surface area contributed by atoms with Gasteiger partial charge in [-0.3, -0.25) is 4.57 Å². The Morgan fingerprint density at radius 1 is 1.00 bits per heavy atom. The van der Waals surface area contributed by atoms with Crippen molar-refractivity contribution in [2.45, 2.75) is 104 Å². The van der Waals surface area contributed by atoms with E-state index in [0.29, 0.717) is 4.90 Å². The molecule has 0 spiro atoms. The molecule has 3 heterocycles. The van der Waals surface area contributed by atoms with Crippen LogP contribution >= 0.6 is 11.6 Å².